The fourth-order valence-electron chi connectivity index (χ4n) is 5.90. The summed E-state index contributed by atoms with van der Waals surface area (Å²) < 4.78 is 68.4. The minimum atomic E-state index is -4.71. The summed E-state index contributed by atoms with van der Waals surface area (Å²) in [5.74, 6) is -1.27. The van der Waals surface area contributed by atoms with Crippen LogP contribution in [-0.4, -0.2) is 33.4 Å². The Morgan fingerprint density at radius 1 is 1.10 bits per heavy atom. The molecule has 3 unspecified atom stereocenters. The molecule has 3 atom stereocenters. The van der Waals surface area contributed by atoms with E-state index in [1.54, 1.807) is 13.8 Å². The molecule has 0 saturated heterocycles. The summed E-state index contributed by atoms with van der Waals surface area (Å²) in [6, 6.07) is 8.40. The highest BCUT2D eigenvalue weighted by molar-refractivity contribution is 5.78. The lowest BCUT2D eigenvalue weighted by Gasteiger charge is -2.18. The van der Waals surface area contributed by atoms with Gasteiger partial charge in [0.2, 0.25) is 5.88 Å². The zero-order valence-corrected chi connectivity index (χ0v) is 23.6. The number of hydrogen-bond donors (Lipinski definition) is 2. The van der Waals surface area contributed by atoms with E-state index in [-0.39, 0.29) is 53.5 Å². The second kappa shape index (κ2) is 11.2. The minimum Gasteiger partial charge on any atom is -0.489 e. The van der Waals surface area contributed by atoms with E-state index in [4.69, 9.17) is 9.47 Å². The second-order valence-electron chi connectivity index (χ2n) is 11.7. The summed E-state index contributed by atoms with van der Waals surface area (Å²) >= 11 is 0. The van der Waals surface area contributed by atoms with Gasteiger partial charge in [-0.25, -0.2) is 9.37 Å². The number of benzene rings is 2. The van der Waals surface area contributed by atoms with Crippen molar-refractivity contribution < 1.29 is 42.0 Å². The van der Waals surface area contributed by atoms with Crippen molar-refractivity contribution in [2.45, 2.75) is 70.8 Å². The molecule has 2 aromatic carbocycles. The third kappa shape index (κ3) is 6.23. The van der Waals surface area contributed by atoms with Crippen LogP contribution in [0.2, 0.25) is 0 Å². The van der Waals surface area contributed by atoms with E-state index in [1.165, 1.54) is 12.1 Å². The molecule has 6 nitrogen and oxygen atoms in total. The Bertz CT molecular complexity index is 1500. The van der Waals surface area contributed by atoms with Crippen LogP contribution in [0.15, 0.2) is 42.6 Å². The molecular weight excluding hydrogens is 554 g/mol. The highest BCUT2D eigenvalue weighted by Crippen LogP contribution is 2.62. The molecule has 0 radical (unpaired) electrons. The van der Waals surface area contributed by atoms with E-state index in [1.807, 2.05) is 19.1 Å². The number of carboxylic acids is 1. The van der Waals surface area contributed by atoms with Gasteiger partial charge < -0.3 is 19.7 Å². The van der Waals surface area contributed by atoms with E-state index in [0.29, 0.717) is 31.4 Å². The van der Waals surface area contributed by atoms with Gasteiger partial charge in [-0.05, 0) is 85.9 Å². The first-order valence-electron chi connectivity index (χ1n) is 14.0. The Kier molecular flexibility index (Phi) is 7.96. The number of aliphatic hydroxyl groups is 1. The SMILES string of the molecule is CCc1cc2c(cc1OCc1cc(-c3cnc(OCCCC(C)(C)O)cc3C(F)(F)F)ccc1F)CC1C(C(=O)O)C21. The van der Waals surface area contributed by atoms with E-state index in [9.17, 15) is 32.6 Å². The van der Waals surface area contributed by atoms with Crippen molar-refractivity contribution >= 4 is 5.97 Å². The van der Waals surface area contributed by atoms with Crippen LogP contribution < -0.4 is 9.47 Å². The average molecular weight is 588 g/mol. The second-order valence-corrected chi connectivity index (χ2v) is 11.7. The molecule has 0 amide bonds. The van der Waals surface area contributed by atoms with Crippen LogP contribution in [0.4, 0.5) is 17.6 Å². The number of hydrogen-bond acceptors (Lipinski definition) is 5. The number of pyridine rings is 1. The summed E-state index contributed by atoms with van der Waals surface area (Å²) in [6.45, 7) is 5.11. The largest absolute Gasteiger partial charge is 0.489 e. The Hall–Kier alpha value is -3.66. The number of carbonyl (C=O) groups is 1. The number of aromatic nitrogens is 1. The number of nitrogens with zero attached hydrogens (tertiary/aromatic N) is 1. The molecule has 224 valence electrons. The van der Waals surface area contributed by atoms with Gasteiger partial charge in [-0.1, -0.05) is 19.1 Å². The molecule has 10 heteroatoms. The molecule has 2 N–H and O–H groups in total. The molecule has 1 saturated carbocycles. The molecule has 1 aromatic heterocycles. The fourth-order valence-corrected chi connectivity index (χ4v) is 5.90. The third-order valence-corrected chi connectivity index (χ3v) is 8.08. The molecular formula is C32H33F4NO5. The quantitative estimate of drug-likeness (QED) is 0.187. The summed E-state index contributed by atoms with van der Waals surface area (Å²) in [6.07, 6.45) is -1.54. The van der Waals surface area contributed by atoms with Crippen LogP contribution in [0, 0.1) is 17.7 Å². The van der Waals surface area contributed by atoms with Gasteiger partial charge in [0, 0.05) is 29.3 Å². The predicted octanol–water partition coefficient (Wildman–Crippen LogP) is 6.95. The van der Waals surface area contributed by atoms with Crippen molar-refractivity contribution in [1.29, 1.82) is 0 Å². The standard InChI is InChI=1S/C32H33F4NO5/c1-4-17-11-21-19(12-22-28(21)29(22)30(38)39)13-26(17)42-16-20-10-18(6-7-25(20)33)23-15-37-27(14-24(23)32(34,35)36)41-9-5-8-31(2,3)40/h6-7,10-11,13-15,22,28-29,40H,4-5,8-9,12,16H2,1-3H3,(H,38,39). The molecule has 1 fully saturated rings. The molecule has 2 aliphatic rings. The first-order valence-corrected chi connectivity index (χ1v) is 14.0. The molecule has 1 heterocycles. The molecule has 42 heavy (non-hydrogen) atoms. The van der Waals surface area contributed by atoms with Crippen LogP contribution in [-0.2, 0) is 30.4 Å². The number of aliphatic carboxylic acids is 1. The van der Waals surface area contributed by atoms with Crippen LogP contribution in [0.5, 0.6) is 11.6 Å². The highest BCUT2D eigenvalue weighted by Gasteiger charge is 2.59. The zero-order chi connectivity index (χ0) is 30.4. The molecule has 0 spiro atoms. The number of halogens is 4. The van der Waals surface area contributed by atoms with Gasteiger partial charge >= 0.3 is 12.1 Å². The lowest BCUT2D eigenvalue weighted by atomic mass is 9.97. The molecule has 0 aliphatic heterocycles. The Morgan fingerprint density at radius 2 is 1.86 bits per heavy atom. The first-order chi connectivity index (χ1) is 19.8. The summed E-state index contributed by atoms with van der Waals surface area (Å²) in [4.78, 5) is 15.5. The Morgan fingerprint density at radius 3 is 2.52 bits per heavy atom. The fraction of sp³-hybridized carbons (Fsp3) is 0.438. The molecule has 0 bridgehead atoms. The summed E-state index contributed by atoms with van der Waals surface area (Å²) in [7, 11) is 0. The van der Waals surface area contributed by atoms with Crippen molar-refractivity contribution in [3.8, 4) is 22.8 Å². The molecule has 5 rings (SSSR count). The first kappa shape index (κ1) is 29.8. The maximum atomic E-state index is 14.8. The van der Waals surface area contributed by atoms with Crippen molar-refractivity contribution in [3.05, 3.63) is 76.2 Å². The molecule has 2 aliphatic carbocycles. The van der Waals surface area contributed by atoms with E-state index in [0.717, 1.165) is 35.0 Å². The topological polar surface area (TPSA) is 88.9 Å². The van der Waals surface area contributed by atoms with Gasteiger partial charge in [0.05, 0.1) is 23.7 Å². The lowest BCUT2D eigenvalue weighted by molar-refractivity contribution is -0.139. The van der Waals surface area contributed by atoms with Gasteiger partial charge in [0.25, 0.3) is 0 Å². The Balaban J connectivity index is 1.34. The van der Waals surface area contributed by atoms with Crippen molar-refractivity contribution in [2.24, 2.45) is 11.8 Å². The monoisotopic (exact) mass is 587 g/mol. The van der Waals surface area contributed by atoms with Crippen LogP contribution >= 0.6 is 0 Å². The van der Waals surface area contributed by atoms with Crippen LogP contribution in [0.3, 0.4) is 0 Å². The number of alkyl halides is 3. The number of carboxylic acid groups (broad SMARTS) is 1. The summed E-state index contributed by atoms with van der Waals surface area (Å²) in [5.41, 5.74) is 1.05. The van der Waals surface area contributed by atoms with Gasteiger partial charge in [0.1, 0.15) is 18.2 Å². The van der Waals surface area contributed by atoms with Crippen LogP contribution in [0.1, 0.15) is 67.3 Å². The average Bonchev–Trinajstić information content (AvgIpc) is 3.52. The Labute approximate surface area is 241 Å². The number of rotatable bonds is 11. The van der Waals surface area contributed by atoms with Crippen molar-refractivity contribution in [3.63, 3.8) is 0 Å². The van der Waals surface area contributed by atoms with Crippen molar-refractivity contribution in [2.75, 3.05) is 6.61 Å². The van der Waals surface area contributed by atoms with Crippen molar-refractivity contribution in [1.82, 2.24) is 4.98 Å². The van der Waals surface area contributed by atoms with Gasteiger partial charge in [-0.2, -0.15) is 13.2 Å². The zero-order valence-electron chi connectivity index (χ0n) is 23.6. The number of fused-ring (bicyclic) bond motifs is 3. The summed E-state index contributed by atoms with van der Waals surface area (Å²) in [5, 5.41) is 19.2. The normalized spacial score (nSPS) is 19.3. The van der Waals surface area contributed by atoms with Gasteiger partial charge in [0.15, 0.2) is 0 Å². The third-order valence-electron chi connectivity index (χ3n) is 8.08. The van der Waals surface area contributed by atoms with E-state index < -0.39 is 29.1 Å². The minimum absolute atomic E-state index is 0.0203. The van der Waals surface area contributed by atoms with Gasteiger partial charge in [-0.3, -0.25) is 4.79 Å². The smallest absolute Gasteiger partial charge is 0.417 e. The van der Waals surface area contributed by atoms with E-state index in [2.05, 4.69) is 4.98 Å². The molecule has 3 aromatic rings. The predicted molar refractivity (Wildman–Crippen MR) is 147 cm³/mol. The lowest BCUT2D eigenvalue weighted by Crippen LogP contribution is -2.19. The number of aryl methyl sites for hydroxylation is 1. The van der Waals surface area contributed by atoms with E-state index >= 15 is 0 Å². The maximum Gasteiger partial charge on any atom is 0.417 e. The van der Waals surface area contributed by atoms with Crippen LogP contribution in [0.25, 0.3) is 11.1 Å². The highest BCUT2D eigenvalue weighted by atomic mass is 19.4. The number of ether oxygens (including phenoxy) is 2. The maximum absolute atomic E-state index is 14.8. The van der Waals surface area contributed by atoms with Gasteiger partial charge in [-0.15, -0.1) is 0 Å².